The van der Waals surface area contributed by atoms with E-state index in [1.807, 2.05) is 24.5 Å². The minimum Gasteiger partial charge on any atom is -0.372 e. The van der Waals surface area contributed by atoms with Crippen molar-refractivity contribution in [2.24, 2.45) is 11.8 Å². The number of carbonyl (C=O) groups is 4. The molecule has 15 heteroatoms. The standard InChI is InChI=1S/C61H75FN10O4/c1-39(2)71-38-63-53-36-52(65-57(56(53)71)64-51-10-6-5-9-50(51)62)43-17-21-49-54(33-43)72(47-34-46(35-47)69-27-7-4-8-28-69)60(76)61(49)25-31-70(32-26-61)59(75)42-13-11-40(12-14-42)37-68-29-23-45(24-30-68)67(3)44-18-15-41(16-19-44)48-20-22-55(73)66-58(48)74/h5-6,9-10,15-19,21,33,36,38-40,42,45-48H,4,7-8,11-14,20,22-32,34-35,37H2,1-3H3,(H,64,65)(H,66,73,74)/t40?,42?,46-,47+,48?. The Balaban J connectivity index is 0.693. The summed E-state index contributed by atoms with van der Waals surface area (Å²) < 4.78 is 17.2. The number of halogens is 1. The predicted octanol–water partition coefficient (Wildman–Crippen LogP) is 9.71. The predicted molar refractivity (Wildman–Crippen MR) is 295 cm³/mol. The molecule has 6 fully saturated rings. The highest BCUT2D eigenvalue weighted by molar-refractivity contribution is 6.09. The quantitative estimate of drug-likeness (QED) is 0.116. The number of rotatable bonds is 12. The summed E-state index contributed by atoms with van der Waals surface area (Å²) in [6, 6.07) is 24.6. The highest BCUT2D eigenvalue weighted by atomic mass is 19.1. The van der Waals surface area contributed by atoms with Crippen LogP contribution in [-0.2, 0) is 24.6 Å². The van der Waals surface area contributed by atoms with E-state index in [9.17, 15) is 14.4 Å². The summed E-state index contributed by atoms with van der Waals surface area (Å²) >= 11 is 0. The molecule has 14 nitrogen and oxygen atoms in total. The molecule has 7 aliphatic rings. The molecule has 2 saturated carbocycles. The number of imidazole rings is 1. The number of hydrogen-bond donors (Lipinski definition) is 2. The van der Waals surface area contributed by atoms with Gasteiger partial charge in [0, 0.05) is 93.2 Å². The number of nitrogens with zero attached hydrogens (tertiary/aromatic N) is 8. The third kappa shape index (κ3) is 9.57. The zero-order valence-corrected chi connectivity index (χ0v) is 44.7. The molecule has 4 amide bonds. The van der Waals surface area contributed by atoms with Crippen LogP contribution >= 0.6 is 0 Å². The van der Waals surface area contributed by atoms with Crippen molar-refractivity contribution in [3.63, 3.8) is 0 Å². The van der Waals surface area contributed by atoms with Crippen LogP contribution < -0.4 is 20.4 Å². The Labute approximate surface area is 446 Å². The van der Waals surface area contributed by atoms with E-state index in [-0.39, 0.29) is 53.4 Å². The average molecular weight is 1030 g/mol. The van der Waals surface area contributed by atoms with Crippen LogP contribution in [0.3, 0.4) is 0 Å². The number of amides is 4. The summed E-state index contributed by atoms with van der Waals surface area (Å²) in [7, 11) is 2.17. The highest BCUT2D eigenvalue weighted by Gasteiger charge is 2.56. The number of anilines is 4. The monoisotopic (exact) mass is 1030 g/mol. The van der Waals surface area contributed by atoms with Gasteiger partial charge in [-0.3, -0.25) is 24.5 Å². The maximum atomic E-state index is 15.3. The Bertz CT molecular complexity index is 2980. The topological polar surface area (TPSA) is 139 Å². The molecule has 76 heavy (non-hydrogen) atoms. The van der Waals surface area contributed by atoms with Gasteiger partial charge in [-0.25, -0.2) is 14.4 Å². The molecule has 2 aliphatic carbocycles. The fourth-order valence-electron chi connectivity index (χ4n) is 14.3. The van der Waals surface area contributed by atoms with Crippen molar-refractivity contribution in [1.82, 2.24) is 34.6 Å². The van der Waals surface area contributed by atoms with Crippen LogP contribution in [0.4, 0.5) is 27.3 Å². The molecule has 5 aromatic rings. The van der Waals surface area contributed by atoms with Crippen LogP contribution in [0.25, 0.3) is 22.3 Å². The molecule has 1 atom stereocenters. The Morgan fingerprint density at radius 3 is 2.29 bits per heavy atom. The second-order valence-electron chi connectivity index (χ2n) is 23.7. The van der Waals surface area contributed by atoms with Gasteiger partial charge in [0.05, 0.1) is 34.6 Å². The van der Waals surface area contributed by atoms with Crippen LogP contribution in [0.5, 0.6) is 0 Å². The normalized spacial score (nSPS) is 25.5. The van der Waals surface area contributed by atoms with Crippen molar-refractivity contribution >= 4 is 57.5 Å². The van der Waals surface area contributed by atoms with Crippen molar-refractivity contribution in [3.8, 4) is 11.3 Å². The molecule has 12 rings (SSSR count). The number of imide groups is 1. The lowest BCUT2D eigenvalue weighted by molar-refractivity contribution is -0.140. The first-order valence-corrected chi connectivity index (χ1v) is 28.7. The zero-order valence-electron chi connectivity index (χ0n) is 44.7. The molecule has 2 N–H and O–H groups in total. The Kier molecular flexibility index (Phi) is 14.0. The van der Waals surface area contributed by atoms with Crippen LogP contribution in [0, 0.1) is 17.7 Å². The van der Waals surface area contributed by atoms with Gasteiger partial charge in [0.15, 0.2) is 5.82 Å². The summed E-state index contributed by atoms with van der Waals surface area (Å²) in [4.78, 5) is 75.6. The molecule has 5 aliphatic heterocycles. The number of fused-ring (bicyclic) bond motifs is 3. The summed E-state index contributed by atoms with van der Waals surface area (Å²) in [5.41, 5.74) is 6.95. The van der Waals surface area contributed by atoms with Crippen molar-refractivity contribution in [2.75, 3.05) is 68.0 Å². The molecule has 7 heterocycles. The van der Waals surface area contributed by atoms with E-state index in [2.05, 4.69) is 90.9 Å². The first-order chi connectivity index (χ1) is 36.9. The van der Waals surface area contributed by atoms with Crippen molar-refractivity contribution in [1.29, 1.82) is 0 Å². The van der Waals surface area contributed by atoms with Gasteiger partial charge in [-0.2, -0.15) is 0 Å². The van der Waals surface area contributed by atoms with Crippen LogP contribution in [0.15, 0.2) is 79.1 Å². The molecule has 3 aromatic carbocycles. The van der Waals surface area contributed by atoms with Crippen molar-refractivity contribution < 1.29 is 23.6 Å². The van der Waals surface area contributed by atoms with Gasteiger partial charge in [0.2, 0.25) is 23.6 Å². The average Bonchev–Trinajstić information content (AvgIpc) is 4.08. The Morgan fingerprint density at radius 1 is 0.842 bits per heavy atom. The summed E-state index contributed by atoms with van der Waals surface area (Å²) in [5.74, 6) is 0.595. The number of likely N-dealkylation sites (tertiary alicyclic amines) is 3. The van der Waals surface area contributed by atoms with Crippen molar-refractivity contribution in [3.05, 3.63) is 96.1 Å². The van der Waals surface area contributed by atoms with E-state index in [1.165, 1.54) is 25.3 Å². The number of pyridine rings is 1. The summed E-state index contributed by atoms with van der Waals surface area (Å²) in [5, 5.41) is 5.78. The van der Waals surface area contributed by atoms with Gasteiger partial charge in [-0.15, -0.1) is 0 Å². The number of carbonyl (C=O) groups excluding carboxylic acids is 4. The lowest BCUT2D eigenvalue weighted by Gasteiger charge is -2.48. The molecule has 1 spiro atoms. The van der Waals surface area contributed by atoms with Crippen LogP contribution in [0.1, 0.15) is 133 Å². The number of hydrogen-bond acceptors (Lipinski definition) is 10. The van der Waals surface area contributed by atoms with Gasteiger partial charge in [-0.05, 0) is 164 Å². The van der Waals surface area contributed by atoms with E-state index in [1.54, 1.807) is 18.2 Å². The third-order valence-electron chi connectivity index (χ3n) is 19.0. The van der Waals surface area contributed by atoms with Crippen LogP contribution in [-0.4, -0.2) is 124 Å². The maximum Gasteiger partial charge on any atom is 0.238 e. The number of nitrogens with one attached hydrogen (secondary N) is 2. The third-order valence-corrected chi connectivity index (χ3v) is 19.0. The lowest BCUT2D eigenvalue weighted by Crippen LogP contribution is -2.58. The zero-order chi connectivity index (χ0) is 52.2. The van der Waals surface area contributed by atoms with E-state index in [0.29, 0.717) is 74.0 Å². The fourth-order valence-corrected chi connectivity index (χ4v) is 14.3. The molecular formula is C61H75FN10O4. The van der Waals surface area contributed by atoms with E-state index >= 15 is 9.18 Å². The number of piperidine rings is 4. The minimum atomic E-state index is -0.686. The number of benzene rings is 3. The molecule has 0 bridgehead atoms. The lowest BCUT2D eigenvalue weighted by atomic mass is 9.72. The van der Waals surface area contributed by atoms with Crippen LogP contribution in [0.2, 0.25) is 0 Å². The summed E-state index contributed by atoms with van der Waals surface area (Å²) in [6.45, 7) is 10.8. The first kappa shape index (κ1) is 50.6. The second-order valence-corrected chi connectivity index (χ2v) is 23.7. The number of para-hydroxylation sites is 1. The molecule has 400 valence electrons. The van der Waals surface area contributed by atoms with E-state index < -0.39 is 5.41 Å². The molecular weight excluding hydrogens is 956 g/mol. The van der Waals surface area contributed by atoms with Gasteiger partial charge in [0.1, 0.15) is 11.3 Å². The maximum absolute atomic E-state index is 15.3. The molecule has 4 saturated heterocycles. The van der Waals surface area contributed by atoms with Gasteiger partial charge < -0.3 is 34.4 Å². The van der Waals surface area contributed by atoms with Gasteiger partial charge >= 0.3 is 0 Å². The van der Waals surface area contributed by atoms with E-state index in [4.69, 9.17) is 9.97 Å². The minimum absolute atomic E-state index is 0.0351. The highest BCUT2D eigenvalue weighted by Crippen LogP contribution is 2.52. The van der Waals surface area contributed by atoms with Gasteiger partial charge in [-0.1, -0.05) is 42.8 Å². The molecule has 1 unspecified atom stereocenters. The first-order valence-electron chi connectivity index (χ1n) is 28.7. The molecule has 0 radical (unpaired) electrons. The van der Waals surface area contributed by atoms with Crippen molar-refractivity contribution in [2.45, 2.75) is 146 Å². The second kappa shape index (κ2) is 21.0. The SMILES string of the molecule is CC(C)n1cnc2cc(-c3ccc4c(c3)N([C@H]3C[C@@H](N5CCCCC5)C3)C(=O)C43CCN(C(=O)C4CCC(CN5CCC(N(C)c6ccc(C7CCC(=O)NC7=O)cc6)CC5)CC4)CC3)nc(Nc3ccccc3F)c21. The Morgan fingerprint density at radius 2 is 1.58 bits per heavy atom. The largest absolute Gasteiger partial charge is 0.372 e. The molecule has 2 aromatic heterocycles. The Hall–Kier alpha value is -6.19. The van der Waals surface area contributed by atoms with Gasteiger partial charge in [0.25, 0.3) is 0 Å². The number of aromatic nitrogens is 3. The van der Waals surface area contributed by atoms with E-state index in [0.717, 1.165) is 123 Å². The smallest absolute Gasteiger partial charge is 0.238 e. The fraction of sp³-hybridized carbons (Fsp3) is 0.541. The summed E-state index contributed by atoms with van der Waals surface area (Å²) in [6.07, 6.45) is 15.9.